The van der Waals surface area contributed by atoms with Crippen molar-refractivity contribution in [1.29, 1.82) is 0 Å². The van der Waals surface area contributed by atoms with Crippen LogP contribution in [-0.4, -0.2) is 18.1 Å². The molecule has 0 aliphatic heterocycles. The topological polar surface area (TPSA) is 78.3 Å². The molecular weight excluding hydrogens is 184 g/mol. The molecule has 5 nitrogen and oxygen atoms in total. The summed E-state index contributed by atoms with van der Waals surface area (Å²) in [5.74, 6) is -0.196. The van der Waals surface area contributed by atoms with E-state index in [1.807, 2.05) is 0 Å². The highest BCUT2D eigenvalue weighted by Crippen LogP contribution is 2.01. The average Bonchev–Trinajstić information content (AvgIpc) is 2.50. The third-order valence-electron chi connectivity index (χ3n) is 1.12. The van der Waals surface area contributed by atoms with Gasteiger partial charge in [0, 0.05) is 0 Å². The Balaban J connectivity index is 0.00000121. The first-order valence-electron chi connectivity index (χ1n) is 3.00. The van der Waals surface area contributed by atoms with Gasteiger partial charge in [0.1, 0.15) is 6.26 Å². The van der Waals surface area contributed by atoms with Crippen LogP contribution < -0.4 is 5.73 Å². The second kappa shape index (κ2) is 4.74. The van der Waals surface area contributed by atoms with E-state index in [9.17, 15) is 4.79 Å². The Morgan fingerprint density at radius 3 is 2.92 bits per heavy atom. The lowest BCUT2D eigenvalue weighted by Crippen LogP contribution is -2.02. The Hall–Kier alpha value is -1.07. The van der Waals surface area contributed by atoms with Gasteiger partial charge in [-0.3, -0.25) is 0 Å². The number of ether oxygens (including phenoxy) is 1. The molecule has 0 saturated heterocycles. The van der Waals surface area contributed by atoms with Gasteiger partial charge in [0.25, 0.3) is 0 Å². The number of carbonyl (C=O) groups excluding carboxylic acids is 1. The van der Waals surface area contributed by atoms with Crippen LogP contribution >= 0.6 is 12.4 Å². The van der Waals surface area contributed by atoms with E-state index in [-0.39, 0.29) is 24.6 Å². The van der Waals surface area contributed by atoms with Crippen molar-refractivity contribution < 1.29 is 13.9 Å². The second-order valence-corrected chi connectivity index (χ2v) is 1.82. The summed E-state index contributed by atoms with van der Waals surface area (Å²) in [6.45, 7) is 0.178. The summed E-state index contributed by atoms with van der Waals surface area (Å²) in [5.41, 5.74) is 5.34. The maximum atomic E-state index is 10.8. The summed E-state index contributed by atoms with van der Waals surface area (Å²) >= 11 is 0. The minimum absolute atomic E-state index is 0. The third kappa shape index (κ3) is 2.21. The number of methoxy groups -OCH3 is 1. The molecule has 68 valence electrons. The van der Waals surface area contributed by atoms with Crippen molar-refractivity contribution in [2.45, 2.75) is 6.54 Å². The zero-order valence-electron chi connectivity index (χ0n) is 6.44. The fraction of sp³-hybridized carbons (Fsp3) is 0.333. The molecule has 6 heteroatoms. The smallest absolute Gasteiger partial charge is 0.360 e. The van der Waals surface area contributed by atoms with Crippen molar-refractivity contribution in [2.75, 3.05) is 7.11 Å². The van der Waals surface area contributed by atoms with Crippen LogP contribution in [0, 0.1) is 0 Å². The van der Waals surface area contributed by atoms with Gasteiger partial charge in [-0.25, -0.2) is 9.78 Å². The quantitative estimate of drug-likeness (QED) is 0.684. The molecular formula is C6H9ClN2O3. The minimum Gasteiger partial charge on any atom is -0.464 e. The number of oxazole rings is 1. The molecule has 1 rings (SSSR count). The summed E-state index contributed by atoms with van der Waals surface area (Å²) < 4.78 is 9.19. The number of hydrogen-bond donors (Lipinski definition) is 1. The SMILES string of the molecule is COC(=O)c1coc(CN)n1.Cl. The molecule has 1 aromatic rings. The van der Waals surface area contributed by atoms with Crippen LogP contribution in [0.4, 0.5) is 0 Å². The molecule has 0 aliphatic carbocycles. The lowest BCUT2D eigenvalue weighted by molar-refractivity contribution is 0.0594. The molecule has 0 aliphatic rings. The Kier molecular flexibility index (Phi) is 4.31. The van der Waals surface area contributed by atoms with Crippen LogP contribution in [0.15, 0.2) is 10.7 Å². The van der Waals surface area contributed by atoms with Crippen molar-refractivity contribution in [3.63, 3.8) is 0 Å². The number of nitrogens with two attached hydrogens (primary N) is 1. The van der Waals surface area contributed by atoms with E-state index >= 15 is 0 Å². The van der Waals surface area contributed by atoms with Crippen molar-refractivity contribution in [1.82, 2.24) is 4.98 Å². The number of rotatable bonds is 2. The molecule has 2 N–H and O–H groups in total. The first-order valence-corrected chi connectivity index (χ1v) is 3.00. The van der Waals surface area contributed by atoms with E-state index in [1.54, 1.807) is 0 Å². The number of hydrogen-bond acceptors (Lipinski definition) is 5. The van der Waals surface area contributed by atoms with Crippen LogP contribution in [-0.2, 0) is 11.3 Å². The third-order valence-corrected chi connectivity index (χ3v) is 1.12. The Morgan fingerprint density at radius 1 is 1.83 bits per heavy atom. The van der Waals surface area contributed by atoms with Gasteiger partial charge in [0.2, 0.25) is 5.89 Å². The maximum absolute atomic E-state index is 10.8. The fourth-order valence-electron chi connectivity index (χ4n) is 0.603. The first kappa shape index (κ1) is 10.9. The van der Waals surface area contributed by atoms with Gasteiger partial charge in [-0.2, -0.15) is 0 Å². The van der Waals surface area contributed by atoms with E-state index in [2.05, 4.69) is 9.72 Å². The number of carbonyl (C=O) groups is 1. The predicted molar refractivity (Wildman–Crippen MR) is 43.0 cm³/mol. The molecule has 0 aromatic carbocycles. The number of aromatic nitrogens is 1. The summed E-state index contributed by atoms with van der Waals surface area (Å²) in [6, 6.07) is 0. The standard InChI is InChI=1S/C6H8N2O3.ClH/c1-10-6(9)4-3-11-5(2-7)8-4;/h3H,2,7H2,1H3;1H. The van der Waals surface area contributed by atoms with Crippen molar-refractivity contribution in [3.8, 4) is 0 Å². The van der Waals surface area contributed by atoms with Crippen molar-refractivity contribution in [3.05, 3.63) is 17.8 Å². The summed E-state index contributed by atoms with van der Waals surface area (Å²) in [7, 11) is 1.28. The van der Waals surface area contributed by atoms with Crippen LogP contribution in [0.3, 0.4) is 0 Å². The molecule has 0 radical (unpaired) electrons. The molecule has 0 fully saturated rings. The number of nitrogens with zero attached hydrogens (tertiary/aromatic N) is 1. The van der Waals surface area contributed by atoms with Gasteiger partial charge >= 0.3 is 5.97 Å². The van der Waals surface area contributed by atoms with Gasteiger partial charge < -0.3 is 14.9 Å². The van der Waals surface area contributed by atoms with Crippen LogP contribution in [0.25, 0.3) is 0 Å². The molecule has 0 spiro atoms. The molecule has 12 heavy (non-hydrogen) atoms. The minimum atomic E-state index is -0.520. The van der Waals surface area contributed by atoms with Gasteiger partial charge in [-0.05, 0) is 0 Å². The highest BCUT2D eigenvalue weighted by Gasteiger charge is 2.10. The van der Waals surface area contributed by atoms with Gasteiger partial charge in [-0.1, -0.05) is 0 Å². The van der Waals surface area contributed by atoms with E-state index in [0.717, 1.165) is 0 Å². The normalized spacial score (nSPS) is 8.83. The number of halogens is 1. The second-order valence-electron chi connectivity index (χ2n) is 1.82. The van der Waals surface area contributed by atoms with Crippen LogP contribution in [0.2, 0.25) is 0 Å². The largest absolute Gasteiger partial charge is 0.464 e. The highest BCUT2D eigenvalue weighted by molar-refractivity contribution is 5.86. The van der Waals surface area contributed by atoms with Crippen molar-refractivity contribution in [2.24, 2.45) is 5.73 Å². The molecule has 0 bridgehead atoms. The zero-order chi connectivity index (χ0) is 8.27. The van der Waals surface area contributed by atoms with E-state index in [1.165, 1.54) is 13.4 Å². The lowest BCUT2D eigenvalue weighted by Gasteiger charge is -1.89. The van der Waals surface area contributed by atoms with Gasteiger partial charge in [0.15, 0.2) is 5.69 Å². The van der Waals surface area contributed by atoms with E-state index < -0.39 is 5.97 Å². The molecule has 0 saturated carbocycles. The summed E-state index contributed by atoms with van der Waals surface area (Å²) in [5, 5.41) is 0. The maximum Gasteiger partial charge on any atom is 0.360 e. The van der Waals surface area contributed by atoms with Gasteiger partial charge in [0.05, 0.1) is 13.7 Å². The van der Waals surface area contributed by atoms with E-state index in [4.69, 9.17) is 10.2 Å². The highest BCUT2D eigenvalue weighted by atomic mass is 35.5. The molecule has 0 unspecified atom stereocenters. The fourth-order valence-corrected chi connectivity index (χ4v) is 0.603. The Labute approximate surface area is 75.3 Å². The monoisotopic (exact) mass is 192 g/mol. The summed E-state index contributed by atoms with van der Waals surface area (Å²) in [6.07, 6.45) is 1.22. The molecule has 0 atom stereocenters. The van der Waals surface area contributed by atoms with Crippen LogP contribution in [0.1, 0.15) is 16.4 Å². The van der Waals surface area contributed by atoms with E-state index in [0.29, 0.717) is 5.89 Å². The zero-order valence-corrected chi connectivity index (χ0v) is 7.26. The predicted octanol–water partition coefficient (Wildman–Crippen LogP) is 0.342. The van der Waals surface area contributed by atoms with Crippen molar-refractivity contribution >= 4 is 18.4 Å². The lowest BCUT2D eigenvalue weighted by atomic mass is 10.5. The molecule has 1 heterocycles. The Bertz CT molecular complexity index is 261. The van der Waals surface area contributed by atoms with Crippen LogP contribution in [0.5, 0.6) is 0 Å². The first-order chi connectivity index (χ1) is 5.27. The Morgan fingerprint density at radius 2 is 2.50 bits per heavy atom. The summed E-state index contributed by atoms with van der Waals surface area (Å²) in [4.78, 5) is 14.5. The molecule has 1 aromatic heterocycles. The molecule has 0 amide bonds. The van der Waals surface area contributed by atoms with Gasteiger partial charge in [-0.15, -0.1) is 12.4 Å². The number of esters is 1. The average molecular weight is 193 g/mol.